The molecule has 0 aromatic heterocycles. The van der Waals surface area contributed by atoms with Gasteiger partial charge < -0.3 is 19.9 Å². The Morgan fingerprint density at radius 2 is 1.90 bits per heavy atom. The first kappa shape index (κ1) is 21.5. The van der Waals surface area contributed by atoms with Crippen LogP contribution in [0.1, 0.15) is 23.6 Å². The van der Waals surface area contributed by atoms with Crippen LogP contribution in [0.5, 0.6) is 11.5 Å². The molecule has 29 heavy (non-hydrogen) atoms. The van der Waals surface area contributed by atoms with Gasteiger partial charge in [0.15, 0.2) is 17.6 Å². The number of ether oxygens (including phenoxy) is 2. The molecule has 150 valence electrons. The van der Waals surface area contributed by atoms with Crippen LogP contribution in [-0.4, -0.2) is 30.2 Å². The SMILES string of the molecule is COc1cc(/C=C(/C#N)C(=O)Nc2ccc(C)cc2C)ccc1O[C@@H](C)C(=O)O. The fourth-order valence-electron chi connectivity index (χ4n) is 2.57. The number of carbonyl (C=O) groups is 2. The number of carboxylic acids is 1. The lowest BCUT2D eigenvalue weighted by atomic mass is 10.1. The number of nitrogens with one attached hydrogen (secondary N) is 1. The monoisotopic (exact) mass is 394 g/mol. The van der Waals surface area contributed by atoms with Gasteiger partial charge in [-0.3, -0.25) is 4.79 Å². The van der Waals surface area contributed by atoms with E-state index < -0.39 is 18.0 Å². The Morgan fingerprint density at radius 1 is 1.17 bits per heavy atom. The highest BCUT2D eigenvalue weighted by atomic mass is 16.5. The number of aryl methyl sites for hydroxylation is 2. The minimum Gasteiger partial charge on any atom is -0.493 e. The summed E-state index contributed by atoms with van der Waals surface area (Å²) in [6.45, 7) is 5.23. The first-order chi connectivity index (χ1) is 13.7. The minimum atomic E-state index is -1.11. The van der Waals surface area contributed by atoms with Crippen molar-refractivity contribution in [2.24, 2.45) is 0 Å². The molecule has 0 saturated heterocycles. The molecular weight excluding hydrogens is 372 g/mol. The summed E-state index contributed by atoms with van der Waals surface area (Å²) < 4.78 is 10.6. The minimum absolute atomic E-state index is 0.0837. The molecule has 0 heterocycles. The molecular formula is C22H22N2O5. The fourth-order valence-corrected chi connectivity index (χ4v) is 2.57. The van der Waals surface area contributed by atoms with Crippen molar-refractivity contribution in [3.05, 3.63) is 58.7 Å². The number of aliphatic carboxylic acids is 1. The van der Waals surface area contributed by atoms with Crippen LogP contribution in [0.3, 0.4) is 0 Å². The van der Waals surface area contributed by atoms with Crippen LogP contribution in [-0.2, 0) is 9.59 Å². The Labute approximate surface area is 169 Å². The third-order valence-corrected chi connectivity index (χ3v) is 4.15. The maximum absolute atomic E-state index is 12.5. The second-order valence-corrected chi connectivity index (χ2v) is 6.45. The van der Waals surface area contributed by atoms with Crippen LogP contribution in [0.4, 0.5) is 5.69 Å². The highest BCUT2D eigenvalue weighted by Crippen LogP contribution is 2.30. The molecule has 0 aliphatic heterocycles. The van der Waals surface area contributed by atoms with Gasteiger partial charge in [-0.25, -0.2) is 4.79 Å². The van der Waals surface area contributed by atoms with Crippen LogP contribution in [0.2, 0.25) is 0 Å². The Bertz CT molecular complexity index is 1000. The zero-order chi connectivity index (χ0) is 21.6. The molecule has 1 amide bonds. The summed E-state index contributed by atoms with van der Waals surface area (Å²) in [5, 5.41) is 21.1. The van der Waals surface area contributed by atoms with E-state index in [2.05, 4.69) is 5.32 Å². The van der Waals surface area contributed by atoms with E-state index in [1.54, 1.807) is 18.2 Å². The number of methoxy groups -OCH3 is 1. The van der Waals surface area contributed by atoms with Crippen LogP contribution >= 0.6 is 0 Å². The lowest BCUT2D eigenvalue weighted by molar-refractivity contribution is -0.144. The predicted octanol–water partition coefficient (Wildman–Crippen LogP) is 3.71. The van der Waals surface area contributed by atoms with E-state index >= 15 is 0 Å². The van der Waals surface area contributed by atoms with Gasteiger partial charge in [0.05, 0.1) is 7.11 Å². The van der Waals surface area contributed by atoms with Crippen molar-refractivity contribution in [2.75, 3.05) is 12.4 Å². The third-order valence-electron chi connectivity index (χ3n) is 4.15. The largest absolute Gasteiger partial charge is 0.493 e. The molecule has 0 radical (unpaired) electrons. The van der Waals surface area contributed by atoms with Crippen molar-refractivity contribution < 1.29 is 24.2 Å². The van der Waals surface area contributed by atoms with Crippen molar-refractivity contribution in [3.8, 4) is 17.6 Å². The Morgan fingerprint density at radius 3 is 2.48 bits per heavy atom. The molecule has 0 aliphatic carbocycles. The molecule has 2 aromatic rings. The number of hydrogen-bond donors (Lipinski definition) is 2. The van der Waals surface area contributed by atoms with Gasteiger partial charge in [0.2, 0.25) is 0 Å². The van der Waals surface area contributed by atoms with Crippen molar-refractivity contribution >= 4 is 23.6 Å². The molecule has 2 aromatic carbocycles. The van der Waals surface area contributed by atoms with Crippen LogP contribution in [0.25, 0.3) is 6.08 Å². The van der Waals surface area contributed by atoms with Gasteiger partial charge in [-0.1, -0.05) is 23.8 Å². The number of carbonyl (C=O) groups excluding carboxylic acids is 1. The average Bonchev–Trinajstić information content (AvgIpc) is 2.68. The van der Waals surface area contributed by atoms with E-state index in [0.717, 1.165) is 11.1 Å². The number of nitrogens with zero attached hydrogens (tertiary/aromatic N) is 1. The second-order valence-electron chi connectivity index (χ2n) is 6.45. The molecule has 0 aliphatic rings. The molecule has 0 fully saturated rings. The molecule has 0 unspecified atom stereocenters. The van der Waals surface area contributed by atoms with Gasteiger partial charge in [0, 0.05) is 5.69 Å². The molecule has 7 heteroatoms. The molecule has 0 bridgehead atoms. The Hall–Kier alpha value is -3.79. The number of amides is 1. The summed E-state index contributed by atoms with van der Waals surface area (Å²) >= 11 is 0. The summed E-state index contributed by atoms with van der Waals surface area (Å²) in [6, 6.07) is 12.2. The average molecular weight is 394 g/mol. The van der Waals surface area contributed by atoms with Crippen molar-refractivity contribution in [1.29, 1.82) is 5.26 Å². The summed E-state index contributed by atoms with van der Waals surface area (Å²) in [6.07, 6.45) is 0.370. The lowest BCUT2D eigenvalue weighted by Crippen LogP contribution is -2.23. The number of anilines is 1. The standard InChI is InChI=1S/C22H22N2O5/c1-13-5-7-18(14(2)9-13)24-21(25)17(12-23)10-16-6-8-19(20(11-16)28-4)29-15(3)22(26)27/h5-11,15H,1-4H3,(H,24,25)(H,26,27)/b17-10-/t15-/m0/s1. The quantitative estimate of drug-likeness (QED) is 0.547. The highest BCUT2D eigenvalue weighted by Gasteiger charge is 2.16. The number of nitriles is 1. The van der Waals surface area contributed by atoms with Crippen molar-refractivity contribution in [1.82, 2.24) is 0 Å². The summed E-state index contributed by atoms with van der Waals surface area (Å²) in [5.41, 5.74) is 3.05. The Balaban J connectivity index is 2.26. The van der Waals surface area contributed by atoms with E-state index in [1.807, 2.05) is 32.0 Å². The number of rotatable bonds is 7. The van der Waals surface area contributed by atoms with E-state index in [9.17, 15) is 14.9 Å². The van der Waals surface area contributed by atoms with E-state index in [0.29, 0.717) is 17.0 Å². The molecule has 2 rings (SSSR count). The maximum atomic E-state index is 12.5. The predicted molar refractivity (Wildman–Crippen MR) is 109 cm³/mol. The summed E-state index contributed by atoms with van der Waals surface area (Å²) in [7, 11) is 1.42. The van der Waals surface area contributed by atoms with E-state index in [4.69, 9.17) is 14.6 Å². The van der Waals surface area contributed by atoms with Gasteiger partial charge in [0.25, 0.3) is 5.91 Å². The maximum Gasteiger partial charge on any atom is 0.344 e. The van der Waals surface area contributed by atoms with E-state index in [-0.39, 0.29) is 11.3 Å². The van der Waals surface area contributed by atoms with Gasteiger partial charge >= 0.3 is 5.97 Å². The number of carboxylic acid groups (broad SMARTS) is 1. The third kappa shape index (κ3) is 5.59. The van der Waals surface area contributed by atoms with Gasteiger partial charge in [0.1, 0.15) is 11.6 Å². The number of benzene rings is 2. The van der Waals surface area contributed by atoms with Crippen molar-refractivity contribution in [3.63, 3.8) is 0 Å². The van der Waals surface area contributed by atoms with Crippen molar-refractivity contribution in [2.45, 2.75) is 26.9 Å². The molecule has 7 nitrogen and oxygen atoms in total. The fraction of sp³-hybridized carbons (Fsp3) is 0.227. The van der Waals surface area contributed by atoms with Crippen LogP contribution in [0.15, 0.2) is 42.0 Å². The molecule has 2 N–H and O–H groups in total. The molecule has 0 saturated carbocycles. The first-order valence-corrected chi connectivity index (χ1v) is 8.83. The zero-order valence-electron chi connectivity index (χ0n) is 16.6. The highest BCUT2D eigenvalue weighted by molar-refractivity contribution is 6.10. The van der Waals surface area contributed by atoms with Gasteiger partial charge in [-0.05, 0) is 56.2 Å². The first-order valence-electron chi connectivity index (χ1n) is 8.83. The summed E-state index contributed by atoms with van der Waals surface area (Å²) in [4.78, 5) is 23.5. The van der Waals surface area contributed by atoms with Crippen LogP contribution in [0, 0.1) is 25.2 Å². The smallest absolute Gasteiger partial charge is 0.344 e. The summed E-state index contributed by atoms with van der Waals surface area (Å²) in [5.74, 6) is -1.10. The van der Waals surface area contributed by atoms with Gasteiger partial charge in [-0.2, -0.15) is 5.26 Å². The molecule has 1 atom stereocenters. The Kier molecular flexibility index (Phi) is 6.99. The lowest BCUT2D eigenvalue weighted by Gasteiger charge is -2.14. The topological polar surface area (TPSA) is 109 Å². The second kappa shape index (κ2) is 9.42. The number of hydrogen-bond acceptors (Lipinski definition) is 5. The van der Waals surface area contributed by atoms with Gasteiger partial charge in [-0.15, -0.1) is 0 Å². The molecule has 0 spiro atoms. The zero-order valence-corrected chi connectivity index (χ0v) is 16.6. The van der Waals surface area contributed by atoms with E-state index in [1.165, 1.54) is 26.2 Å². The normalized spacial score (nSPS) is 11.9. The van der Waals surface area contributed by atoms with Crippen LogP contribution < -0.4 is 14.8 Å².